The third kappa shape index (κ3) is 5.08. The van der Waals surface area contributed by atoms with Crippen molar-refractivity contribution in [1.29, 1.82) is 0 Å². The van der Waals surface area contributed by atoms with E-state index in [0.29, 0.717) is 11.1 Å². The van der Waals surface area contributed by atoms with Crippen molar-refractivity contribution in [3.8, 4) is 0 Å². The van der Waals surface area contributed by atoms with E-state index in [1.165, 1.54) is 0 Å². The molecule has 1 heterocycles. The summed E-state index contributed by atoms with van der Waals surface area (Å²) in [7, 11) is 0. The van der Waals surface area contributed by atoms with Crippen LogP contribution in [0, 0.1) is 13.8 Å². The van der Waals surface area contributed by atoms with E-state index < -0.39 is 29.7 Å². The van der Waals surface area contributed by atoms with Gasteiger partial charge in [0, 0.05) is 6.42 Å². The van der Waals surface area contributed by atoms with Crippen LogP contribution >= 0.6 is 11.6 Å². The fourth-order valence-electron chi connectivity index (χ4n) is 2.73. The molecule has 142 valence electrons. The molecule has 2 aromatic rings. The number of alkyl halides is 1. The van der Waals surface area contributed by atoms with Gasteiger partial charge in [-0.25, -0.2) is 9.59 Å². The Labute approximate surface area is 163 Å². The smallest absolute Gasteiger partial charge is 0.338 e. The van der Waals surface area contributed by atoms with Gasteiger partial charge in [0.25, 0.3) is 0 Å². The molecule has 0 aromatic heterocycles. The highest BCUT2D eigenvalue weighted by molar-refractivity contribution is 6.19. The highest BCUT2D eigenvalue weighted by Gasteiger charge is 2.36. The number of rotatable bonds is 4. The number of hydrogen-bond donors (Lipinski definition) is 0. The van der Waals surface area contributed by atoms with Crippen molar-refractivity contribution in [2.45, 2.75) is 38.0 Å². The summed E-state index contributed by atoms with van der Waals surface area (Å²) in [6.07, 6.45) is -1.15. The molecule has 2 aromatic carbocycles. The SMILES string of the molecule is Cc1ccc(C(=O)O[C@H]2CC(Cl)OC[C@H]2OC(=O)c2ccc(C)cc2)cc1. The molecule has 0 saturated carbocycles. The van der Waals surface area contributed by atoms with Crippen LogP contribution in [0.4, 0.5) is 0 Å². The lowest BCUT2D eigenvalue weighted by Crippen LogP contribution is -2.45. The molecule has 3 rings (SSSR count). The van der Waals surface area contributed by atoms with Crippen LogP contribution in [0.1, 0.15) is 38.3 Å². The van der Waals surface area contributed by atoms with Crippen LogP contribution in [-0.2, 0) is 14.2 Å². The molecule has 0 spiro atoms. The zero-order valence-electron chi connectivity index (χ0n) is 15.2. The average Bonchev–Trinajstić information content (AvgIpc) is 2.65. The molecule has 0 N–H and O–H groups in total. The Hall–Kier alpha value is -2.37. The van der Waals surface area contributed by atoms with Crippen molar-refractivity contribution in [1.82, 2.24) is 0 Å². The van der Waals surface area contributed by atoms with E-state index in [-0.39, 0.29) is 13.0 Å². The van der Waals surface area contributed by atoms with Gasteiger partial charge in [-0.05, 0) is 38.1 Å². The third-order valence-corrected chi connectivity index (χ3v) is 4.67. The first kappa shape index (κ1) is 19.4. The summed E-state index contributed by atoms with van der Waals surface area (Å²) in [5, 5.41) is 0. The standard InChI is InChI=1S/C21H21ClO5/c1-13-3-7-15(8-4-13)20(23)26-17-11-19(22)25-12-18(17)27-21(24)16-9-5-14(2)6-10-16/h3-10,17-19H,11-12H2,1-2H3/t17-,18+,19?/m0/s1. The largest absolute Gasteiger partial charge is 0.455 e. The highest BCUT2D eigenvalue weighted by atomic mass is 35.5. The van der Waals surface area contributed by atoms with Gasteiger partial charge in [0.15, 0.2) is 6.10 Å². The topological polar surface area (TPSA) is 61.8 Å². The Bertz CT molecular complexity index is 800. The van der Waals surface area contributed by atoms with Gasteiger partial charge in [0.1, 0.15) is 11.7 Å². The number of carbonyl (C=O) groups is 2. The first-order chi connectivity index (χ1) is 12.9. The second kappa shape index (κ2) is 8.55. The third-order valence-electron chi connectivity index (χ3n) is 4.36. The summed E-state index contributed by atoms with van der Waals surface area (Å²) < 4.78 is 16.5. The van der Waals surface area contributed by atoms with Crippen LogP contribution in [0.25, 0.3) is 0 Å². The normalized spacial score (nSPS) is 22.1. The van der Waals surface area contributed by atoms with Gasteiger partial charge in [-0.15, -0.1) is 0 Å². The quantitative estimate of drug-likeness (QED) is 0.584. The number of halogens is 1. The van der Waals surface area contributed by atoms with Gasteiger partial charge in [-0.3, -0.25) is 0 Å². The van der Waals surface area contributed by atoms with Crippen molar-refractivity contribution in [2.24, 2.45) is 0 Å². The highest BCUT2D eigenvalue weighted by Crippen LogP contribution is 2.24. The van der Waals surface area contributed by atoms with Crippen molar-refractivity contribution in [3.63, 3.8) is 0 Å². The lowest BCUT2D eigenvalue weighted by atomic mass is 10.1. The molecule has 6 heteroatoms. The summed E-state index contributed by atoms with van der Waals surface area (Å²) in [5.41, 5.74) is 2.35. The van der Waals surface area contributed by atoms with Gasteiger partial charge in [0.2, 0.25) is 0 Å². The number of ether oxygens (including phenoxy) is 3. The Kier molecular flexibility index (Phi) is 6.14. The van der Waals surface area contributed by atoms with Crippen molar-refractivity contribution >= 4 is 23.5 Å². The zero-order valence-corrected chi connectivity index (χ0v) is 15.9. The Morgan fingerprint density at radius 2 is 1.30 bits per heavy atom. The second-order valence-electron chi connectivity index (χ2n) is 6.60. The number of carbonyl (C=O) groups excluding carboxylic acids is 2. The minimum absolute atomic E-state index is 0.0671. The molecule has 1 saturated heterocycles. The van der Waals surface area contributed by atoms with Crippen molar-refractivity contribution in [2.75, 3.05) is 6.61 Å². The summed E-state index contributed by atoms with van der Waals surface area (Å²) in [4.78, 5) is 24.8. The molecular formula is C21H21ClO5. The van der Waals surface area contributed by atoms with E-state index in [4.69, 9.17) is 25.8 Å². The van der Waals surface area contributed by atoms with Gasteiger partial charge in [-0.2, -0.15) is 0 Å². The van der Waals surface area contributed by atoms with Crippen molar-refractivity contribution in [3.05, 3.63) is 70.8 Å². The maximum Gasteiger partial charge on any atom is 0.338 e. The lowest BCUT2D eigenvalue weighted by Gasteiger charge is -2.33. The monoisotopic (exact) mass is 388 g/mol. The van der Waals surface area contributed by atoms with Crippen LogP contribution in [0.5, 0.6) is 0 Å². The molecule has 0 radical (unpaired) electrons. The predicted octanol–water partition coefficient (Wildman–Crippen LogP) is 4.04. The first-order valence-electron chi connectivity index (χ1n) is 8.73. The Morgan fingerprint density at radius 3 is 1.78 bits per heavy atom. The first-order valence-corrected chi connectivity index (χ1v) is 9.17. The summed E-state index contributed by atoms with van der Waals surface area (Å²) in [6, 6.07) is 14.1. The minimum Gasteiger partial charge on any atom is -0.455 e. The Balaban J connectivity index is 1.69. The molecule has 1 unspecified atom stereocenters. The number of esters is 2. The number of aryl methyl sites for hydroxylation is 2. The van der Waals surface area contributed by atoms with Gasteiger partial charge in [0.05, 0.1) is 17.7 Å². The predicted molar refractivity (Wildman–Crippen MR) is 101 cm³/mol. The Morgan fingerprint density at radius 1 is 0.852 bits per heavy atom. The molecular weight excluding hydrogens is 368 g/mol. The van der Waals surface area contributed by atoms with Crippen LogP contribution < -0.4 is 0 Å². The van der Waals surface area contributed by atoms with Crippen molar-refractivity contribution < 1.29 is 23.8 Å². The summed E-state index contributed by atoms with van der Waals surface area (Å²) >= 11 is 6.04. The zero-order chi connectivity index (χ0) is 19.4. The van der Waals surface area contributed by atoms with Gasteiger partial charge in [-0.1, -0.05) is 47.0 Å². The second-order valence-corrected chi connectivity index (χ2v) is 7.09. The molecule has 1 aliphatic heterocycles. The molecule has 0 amide bonds. The molecule has 27 heavy (non-hydrogen) atoms. The number of benzene rings is 2. The van der Waals surface area contributed by atoms with E-state index in [9.17, 15) is 9.59 Å². The molecule has 1 fully saturated rings. The van der Waals surface area contributed by atoms with E-state index in [1.54, 1.807) is 24.3 Å². The van der Waals surface area contributed by atoms with Gasteiger partial charge < -0.3 is 14.2 Å². The van der Waals surface area contributed by atoms with Crippen LogP contribution in [-0.4, -0.2) is 36.3 Å². The number of hydrogen-bond acceptors (Lipinski definition) is 5. The van der Waals surface area contributed by atoms with Gasteiger partial charge >= 0.3 is 11.9 Å². The summed E-state index contributed by atoms with van der Waals surface area (Å²) in [5.74, 6) is -0.977. The van der Waals surface area contributed by atoms with Crippen LogP contribution in [0.2, 0.25) is 0 Å². The van der Waals surface area contributed by atoms with E-state index in [1.807, 2.05) is 38.1 Å². The molecule has 0 aliphatic carbocycles. The molecule has 5 nitrogen and oxygen atoms in total. The fourth-order valence-corrected chi connectivity index (χ4v) is 2.98. The maximum absolute atomic E-state index is 12.4. The van der Waals surface area contributed by atoms with E-state index >= 15 is 0 Å². The minimum atomic E-state index is -0.719. The lowest BCUT2D eigenvalue weighted by molar-refractivity contribution is -0.110. The maximum atomic E-state index is 12.4. The molecule has 3 atom stereocenters. The molecule has 1 aliphatic rings. The average molecular weight is 389 g/mol. The fraction of sp³-hybridized carbons (Fsp3) is 0.333. The molecule has 0 bridgehead atoms. The van der Waals surface area contributed by atoms with E-state index in [2.05, 4.69) is 0 Å². The van der Waals surface area contributed by atoms with E-state index in [0.717, 1.165) is 11.1 Å². The summed E-state index contributed by atoms with van der Waals surface area (Å²) in [6.45, 7) is 3.94. The van der Waals surface area contributed by atoms with Crippen LogP contribution in [0.15, 0.2) is 48.5 Å². The van der Waals surface area contributed by atoms with Crippen LogP contribution in [0.3, 0.4) is 0 Å².